The molecule has 2 rings (SSSR count). The standard InChI is InChI=1S/C11H14ClN3O2/c1-17-10(16)8-4-2-3-7-15(8)9-5-6-13-11(12)14-9/h5-6,8H,2-4,7H2,1H3. The molecule has 0 saturated carbocycles. The minimum atomic E-state index is -0.264. The molecule has 1 aliphatic rings. The summed E-state index contributed by atoms with van der Waals surface area (Å²) < 4.78 is 4.81. The van der Waals surface area contributed by atoms with Gasteiger partial charge in [0.2, 0.25) is 5.28 Å². The van der Waals surface area contributed by atoms with E-state index >= 15 is 0 Å². The number of halogens is 1. The maximum Gasteiger partial charge on any atom is 0.328 e. The average Bonchev–Trinajstić information content (AvgIpc) is 2.38. The number of piperidine rings is 1. The number of carbonyl (C=O) groups is 1. The highest BCUT2D eigenvalue weighted by Gasteiger charge is 2.30. The average molecular weight is 256 g/mol. The third-order valence-corrected chi connectivity index (χ3v) is 3.06. The molecule has 1 unspecified atom stereocenters. The smallest absolute Gasteiger partial charge is 0.328 e. The van der Waals surface area contributed by atoms with Crippen molar-refractivity contribution in [2.45, 2.75) is 25.3 Å². The first kappa shape index (κ1) is 12.1. The number of carbonyl (C=O) groups excluding carboxylic acids is 1. The third kappa shape index (κ3) is 2.66. The van der Waals surface area contributed by atoms with E-state index in [2.05, 4.69) is 9.97 Å². The van der Waals surface area contributed by atoms with Crippen LogP contribution in [0, 0.1) is 0 Å². The molecule has 0 aliphatic carbocycles. The highest BCUT2D eigenvalue weighted by Crippen LogP contribution is 2.24. The number of hydrogen-bond donors (Lipinski definition) is 0. The van der Waals surface area contributed by atoms with Crippen LogP contribution in [0.15, 0.2) is 12.3 Å². The van der Waals surface area contributed by atoms with Gasteiger partial charge in [0.15, 0.2) is 0 Å². The predicted octanol–water partition coefficient (Wildman–Crippen LogP) is 1.66. The van der Waals surface area contributed by atoms with E-state index in [0.717, 1.165) is 25.8 Å². The number of aromatic nitrogens is 2. The largest absolute Gasteiger partial charge is 0.467 e. The van der Waals surface area contributed by atoms with Crippen LogP contribution in [0.2, 0.25) is 5.28 Å². The summed E-state index contributed by atoms with van der Waals surface area (Å²) in [4.78, 5) is 21.6. The molecular weight excluding hydrogens is 242 g/mol. The Morgan fingerprint density at radius 3 is 3.12 bits per heavy atom. The molecule has 0 N–H and O–H groups in total. The van der Waals surface area contributed by atoms with Crippen LogP contribution in [0.4, 0.5) is 5.82 Å². The van der Waals surface area contributed by atoms with E-state index in [-0.39, 0.29) is 17.3 Å². The monoisotopic (exact) mass is 255 g/mol. The van der Waals surface area contributed by atoms with E-state index in [1.54, 1.807) is 12.3 Å². The SMILES string of the molecule is COC(=O)C1CCCCN1c1ccnc(Cl)n1. The maximum atomic E-state index is 11.7. The van der Waals surface area contributed by atoms with Gasteiger partial charge >= 0.3 is 5.97 Å². The highest BCUT2D eigenvalue weighted by molar-refractivity contribution is 6.28. The molecule has 5 nitrogen and oxygen atoms in total. The van der Waals surface area contributed by atoms with Gasteiger partial charge in [0, 0.05) is 12.7 Å². The van der Waals surface area contributed by atoms with Crippen molar-refractivity contribution < 1.29 is 9.53 Å². The number of rotatable bonds is 2. The minimum absolute atomic E-state index is 0.191. The number of ether oxygens (including phenoxy) is 1. The summed E-state index contributed by atoms with van der Waals surface area (Å²) in [5.41, 5.74) is 0. The molecule has 1 atom stereocenters. The molecule has 92 valence electrons. The molecule has 17 heavy (non-hydrogen) atoms. The number of anilines is 1. The summed E-state index contributed by atoms with van der Waals surface area (Å²) in [7, 11) is 1.40. The van der Waals surface area contributed by atoms with Crippen molar-refractivity contribution in [3.05, 3.63) is 17.5 Å². The highest BCUT2D eigenvalue weighted by atomic mass is 35.5. The van der Waals surface area contributed by atoms with Crippen molar-refractivity contribution in [2.75, 3.05) is 18.6 Å². The first-order valence-corrected chi connectivity index (χ1v) is 5.93. The fraction of sp³-hybridized carbons (Fsp3) is 0.545. The summed E-state index contributed by atoms with van der Waals surface area (Å²) in [5.74, 6) is 0.458. The molecule has 0 bridgehead atoms. The van der Waals surface area contributed by atoms with Gasteiger partial charge in [-0.25, -0.2) is 14.8 Å². The van der Waals surface area contributed by atoms with E-state index < -0.39 is 0 Å². The molecule has 0 aromatic carbocycles. The number of nitrogens with zero attached hydrogens (tertiary/aromatic N) is 3. The van der Waals surface area contributed by atoms with Crippen molar-refractivity contribution in [2.24, 2.45) is 0 Å². The van der Waals surface area contributed by atoms with Crippen molar-refractivity contribution in [3.63, 3.8) is 0 Å². The van der Waals surface area contributed by atoms with Gasteiger partial charge in [-0.05, 0) is 36.9 Å². The van der Waals surface area contributed by atoms with Crippen molar-refractivity contribution in [1.29, 1.82) is 0 Å². The zero-order valence-corrected chi connectivity index (χ0v) is 10.4. The second-order valence-corrected chi connectivity index (χ2v) is 4.25. The Hall–Kier alpha value is -1.36. The van der Waals surface area contributed by atoms with Crippen LogP contribution >= 0.6 is 11.6 Å². The fourth-order valence-corrected chi connectivity index (χ4v) is 2.22. The molecule has 1 fully saturated rings. The van der Waals surface area contributed by atoms with Gasteiger partial charge in [-0.3, -0.25) is 0 Å². The normalized spacial score (nSPS) is 20.1. The van der Waals surface area contributed by atoms with Crippen molar-refractivity contribution in [1.82, 2.24) is 9.97 Å². The lowest BCUT2D eigenvalue weighted by atomic mass is 10.0. The third-order valence-electron chi connectivity index (χ3n) is 2.88. The Labute approximate surface area is 105 Å². The van der Waals surface area contributed by atoms with Crippen LogP contribution in [0.1, 0.15) is 19.3 Å². The van der Waals surface area contributed by atoms with Crippen LogP contribution in [0.3, 0.4) is 0 Å². The van der Waals surface area contributed by atoms with Crippen LogP contribution in [0.25, 0.3) is 0 Å². The molecule has 1 aromatic rings. The number of esters is 1. The maximum absolute atomic E-state index is 11.7. The molecule has 2 heterocycles. The lowest BCUT2D eigenvalue weighted by Gasteiger charge is -2.34. The van der Waals surface area contributed by atoms with Crippen LogP contribution in [0.5, 0.6) is 0 Å². The first-order valence-electron chi connectivity index (χ1n) is 5.55. The lowest BCUT2D eigenvalue weighted by molar-refractivity contribution is -0.142. The quantitative estimate of drug-likeness (QED) is 0.594. The molecular formula is C11H14ClN3O2. The van der Waals surface area contributed by atoms with Crippen LogP contribution in [-0.2, 0) is 9.53 Å². The Morgan fingerprint density at radius 1 is 1.59 bits per heavy atom. The molecule has 6 heteroatoms. The first-order chi connectivity index (χ1) is 8.22. The summed E-state index contributed by atoms with van der Waals surface area (Å²) >= 11 is 5.76. The van der Waals surface area contributed by atoms with Crippen molar-refractivity contribution in [3.8, 4) is 0 Å². The van der Waals surface area contributed by atoms with E-state index in [9.17, 15) is 4.79 Å². The predicted molar refractivity (Wildman–Crippen MR) is 64.0 cm³/mol. The Morgan fingerprint density at radius 2 is 2.41 bits per heavy atom. The van der Waals surface area contributed by atoms with Crippen LogP contribution < -0.4 is 4.90 Å². The van der Waals surface area contributed by atoms with Gasteiger partial charge in [0.25, 0.3) is 0 Å². The van der Waals surface area contributed by atoms with E-state index in [0.29, 0.717) is 5.82 Å². The van der Waals surface area contributed by atoms with Crippen LogP contribution in [-0.4, -0.2) is 35.6 Å². The molecule has 0 amide bonds. The minimum Gasteiger partial charge on any atom is -0.467 e. The summed E-state index contributed by atoms with van der Waals surface area (Å²) in [6, 6.07) is 1.49. The fourth-order valence-electron chi connectivity index (χ4n) is 2.07. The van der Waals surface area contributed by atoms with Gasteiger partial charge < -0.3 is 9.64 Å². The number of hydrogen-bond acceptors (Lipinski definition) is 5. The molecule has 0 spiro atoms. The Bertz CT molecular complexity index is 413. The van der Waals surface area contributed by atoms with E-state index in [1.807, 2.05) is 4.90 Å². The molecule has 0 radical (unpaired) electrons. The zero-order chi connectivity index (χ0) is 12.3. The van der Waals surface area contributed by atoms with Gasteiger partial charge in [0.1, 0.15) is 11.9 Å². The summed E-state index contributed by atoms with van der Waals surface area (Å²) in [6.45, 7) is 0.785. The molecule has 1 saturated heterocycles. The topological polar surface area (TPSA) is 55.3 Å². The summed E-state index contributed by atoms with van der Waals surface area (Å²) in [6.07, 6.45) is 4.44. The van der Waals surface area contributed by atoms with Gasteiger partial charge in [-0.1, -0.05) is 0 Å². The van der Waals surface area contributed by atoms with Crippen molar-refractivity contribution >= 4 is 23.4 Å². The van der Waals surface area contributed by atoms with Gasteiger partial charge in [-0.2, -0.15) is 0 Å². The number of methoxy groups -OCH3 is 1. The summed E-state index contributed by atoms with van der Waals surface area (Å²) in [5, 5.41) is 0.191. The van der Waals surface area contributed by atoms with Gasteiger partial charge in [-0.15, -0.1) is 0 Å². The molecule has 1 aromatic heterocycles. The Balaban J connectivity index is 2.24. The van der Waals surface area contributed by atoms with E-state index in [4.69, 9.17) is 16.3 Å². The zero-order valence-electron chi connectivity index (χ0n) is 9.60. The lowest BCUT2D eigenvalue weighted by Crippen LogP contribution is -2.45. The second kappa shape index (κ2) is 5.31. The Kier molecular flexibility index (Phi) is 3.78. The van der Waals surface area contributed by atoms with E-state index in [1.165, 1.54) is 7.11 Å². The van der Waals surface area contributed by atoms with Gasteiger partial charge in [0.05, 0.1) is 7.11 Å². The molecule has 1 aliphatic heterocycles. The second-order valence-electron chi connectivity index (χ2n) is 3.91.